The third-order valence-electron chi connectivity index (χ3n) is 4.73. The summed E-state index contributed by atoms with van der Waals surface area (Å²) in [6.07, 6.45) is 4.90. The second-order valence-electron chi connectivity index (χ2n) is 7.06. The molecule has 1 unspecified atom stereocenters. The third-order valence-corrected chi connectivity index (χ3v) is 4.73. The monoisotopic (exact) mass is 337 g/mol. The van der Waals surface area contributed by atoms with Crippen molar-refractivity contribution < 1.29 is 4.79 Å². The van der Waals surface area contributed by atoms with Crippen LogP contribution in [0.25, 0.3) is 0 Å². The molecule has 1 fully saturated rings. The van der Waals surface area contributed by atoms with Crippen molar-refractivity contribution in [3.05, 3.63) is 59.8 Å². The van der Waals surface area contributed by atoms with Gasteiger partial charge in [0.15, 0.2) is 0 Å². The zero-order valence-corrected chi connectivity index (χ0v) is 15.1. The Hall–Kier alpha value is -2.36. The molecule has 2 aromatic rings. The number of carbonyl (C=O) groups is 1. The van der Waals surface area contributed by atoms with Crippen LogP contribution in [-0.4, -0.2) is 34.9 Å². The smallest absolute Gasteiger partial charge is 0.255 e. The summed E-state index contributed by atoms with van der Waals surface area (Å²) in [5.41, 5.74) is 2.06. The Morgan fingerprint density at radius 1 is 1.12 bits per heavy atom. The van der Waals surface area contributed by atoms with Crippen LogP contribution in [0.4, 0.5) is 5.82 Å². The highest BCUT2D eigenvalue weighted by Gasteiger charge is 2.22. The van der Waals surface area contributed by atoms with E-state index in [0.717, 1.165) is 38.2 Å². The molecule has 1 atom stereocenters. The quantitative estimate of drug-likeness (QED) is 0.904. The van der Waals surface area contributed by atoms with Gasteiger partial charge in [0.2, 0.25) is 0 Å². The van der Waals surface area contributed by atoms with Crippen molar-refractivity contribution in [3.8, 4) is 0 Å². The summed E-state index contributed by atoms with van der Waals surface area (Å²) in [6.45, 7) is 5.78. The zero-order valence-electron chi connectivity index (χ0n) is 15.1. The molecule has 0 aliphatic carbocycles. The van der Waals surface area contributed by atoms with Crippen LogP contribution >= 0.6 is 0 Å². The number of amides is 1. The molecule has 0 bridgehead atoms. The van der Waals surface area contributed by atoms with Crippen LogP contribution in [-0.2, 0) is 0 Å². The fourth-order valence-electron chi connectivity index (χ4n) is 3.44. The number of likely N-dealkylation sites (tertiary alicyclic amines) is 1. The second kappa shape index (κ2) is 8.15. The summed E-state index contributed by atoms with van der Waals surface area (Å²) >= 11 is 0. The lowest BCUT2D eigenvalue weighted by molar-refractivity contribution is 0.0760. The Morgan fingerprint density at radius 3 is 2.60 bits per heavy atom. The van der Waals surface area contributed by atoms with E-state index in [1.165, 1.54) is 5.56 Å². The van der Waals surface area contributed by atoms with Crippen LogP contribution in [0.5, 0.6) is 0 Å². The lowest BCUT2D eigenvalue weighted by Crippen LogP contribution is -2.32. The molecule has 132 valence electrons. The molecule has 4 heteroatoms. The van der Waals surface area contributed by atoms with E-state index in [-0.39, 0.29) is 5.91 Å². The van der Waals surface area contributed by atoms with Crippen LogP contribution < -0.4 is 5.32 Å². The summed E-state index contributed by atoms with van der Waals surface area (Å²) in [5.74, 6) is 1.46. The molecular formula is C21H27N3O. The number of hydrogen-bond donors (Lipinski definition) is 1. The first kappa shape index (κ1) is 17.5. The van der Waals surface area contributed by atoms with E-state index in [9.17, 15) is 4.79 Å². The van der Waals surface area contributed by atoms with Gasteiger partial charge in [-0.3, -0.25) is 4.79 Å². The fourth-order valence-corrected chi connectivity index (χ4v) is 3.44. The van der Waals surface area contributed by atoms with Crippen LogP contribution in [0.2, 0.25) is 0 Å². The van der Waals surface area contributed by atoms with Gasteiger partial charge in [0.05, 0.1) is 5.56 Å². The van der Waals surface area contributed by atoms with Crippen LogP contribution in [0, 0.1) is 0 Å². The van der Waals surface area contributed by atoms with Gasteiger partial charge in [0.25, 0.3) is 5.91 Å². The van der Waals surface area contributed by atoms with E-state index in [0.29, 0.717) is 17.5 Å². The zero-order chi connectivity index (χ0) is 17.6. The molecule has 1 aromatic carbocycles. The van der Waals surface area contributed by atoms with Crippen molar-refractivity contribution >= 4 is 11.7 Å². The predicted octanol–water partition coefficient (Wildman–Crippen LogP) is 4.31. The first-order valence-corrected chi connectivity index (χ1v) is 9.20. The number of hydrogen-bond acceptors (Lipinski definition) is 3. The minimum Gasteiger partial charge on any atom is -0.368 e. The summed E-state index contributed by atoms with van der Waals surface area (Å²) in [6, 6.07) is 14.7. The first-order chi connectivity index (χ1) is 12.1. The highest BCUT2D eigenvalue weighted by atomic mass is 16.2. The maximum absolute atomic E-state index is 12.8. The Balaban J connectivity index is 1.63. The largest absolute Gasteiger partial charge is 0.368 e. The van der Waals surface area contributed by atoms with E-state index >= 15 is 0 Å². The van der Waals surface area contributed by atoms with E-state index in [1.54, 1.807) is 6.20 Å². The van der Waals surface area contributed by atoms with Crippen molar-refractivity contribution in [3.63, 3.8) is 0 Å². The van der Waals surface area contributed by atoms with Crippen molar-refractivity contribution in [1.29, 1.82) is 0 Å². The Bertz CT molecular complexity index is 682. The van der Waals surface area contributed by atoms with Gasteiger partial charge >= 0.3 is 0 Å². The first-order valence-electron chi connectivity index (χ1n) is 9.20. The number of pyridine rings is 1. The molecule has 2 heterocycles. The SMILES string of the molecule is CC(C)Nc1ccc(C(=O)N2CCCC(c3ccccc3)CC2)cn1. The topological polar surface area (TPSA) is 45.2 Å². The molecule has 0 radical (unpaired) electrons. The molecule has 1 aliphatic heterocycles. The number of rotatable bonds is 4. The number of benzene rings is 1. The minimum absolute atomic E-state index is 0.0947. The lowest BCUT2D eigenvalue weighted by atomic mass is 9.92. The highest BCUT2D eigenvalue weighted by molar-refractivity contribution is 5.94. The van der Waals surface area contributed by atoms with E-state index in [1.807, 2.05) is 17.0 Å². The standard InChI is InChI=1S/C21H27N3O/c1-16(2)23-20-11-10-19(15-22-20)21(25)24-13-6-9-18(12-14-24)17-7-4-3-5-8-17/h3-5,7-8,10-11,15-16,18H,6,9,12-14H2,1-2H3,(H,22,23). The molecule has 1 aliphatic rings. The molecule has 1 saturated heterocycles. The van der Waals surface area contributed by atoms with Gasteiger partial charge < -0.3 is 10.2 Å². The van der Waals surface area contributed by atoms with E-state index < -0.39 is 0 Å². The number of aromatic nitrogens is 1. The average Bonchev–Trinajstić information content (AvgIpc) is 2.88. The van der Waals surface area contributed by atoms with Gasteiger partial charge in [-0.25, -0.2) is 4.98 Å². The van der Waals surface area contributed by atoms with Crippen molar-refractivity contribution in [2.75, 3.05) is 18.4 Å². The van der Waals surface area contributed by atoms with E-state index in [2.05, 4.69) is 54.5 Å². The van der Waals surface area contributed by atoms with Crippen molar-refractivity contribution in [2.45, 2.75) is 45.1 Å². The van der Waals surface area contributed by atoms with Crippen LogP contribution in [0.3, 0.4) is 0 Å². The van der Waals surface area contributed by atoms with Gasteiger partial charge in [0.1, 0.15) is 5.82 Å². The molecule has 1 amide bonds. The predicted molar refractivity (Wildman–Crippen MR) is 102 cm³/mol. The summed E-state index contributed by atoms with van der Waals surface area (Å²) < 4.78 is 0. The summed E-state index contributed by atoms with van der Waals surface area (Å²) in [5, 5.41) is 3.25. The number of nitrogens with one attached hydrogen (secondary N) is 1. The number of nitrogens with zero attached hydrogens (tertiary/aromatic N) is 2. The Morgan fingerprint density at radius 2 is 1.92 bits per heavy atom. The maximum atomic E-state index is 12.8. The normalized spacial score (nSPS) is 18.0. The van der Waals surface area contributed by atoms with Crippen LogP contribution in [0.15, 0.2) is 48.7 Å². The van der Waals surface area contributed by atoms with Gasteiger partial charge in [0, 0.05) is 25.3 Å². The fraction of sp³-hybridized carbons (Fsp3) is 0.429. The molecule has 3 rings (SSSR count). The minimum atomic E-state index is 0.0947. The maximum Gasteiger partial charge on any atom is 0.255 e. The van der Waals surface area contributed by atoms with Crippen molar-refractivity contribution in [1.82, 2.24) is 9.88 Å². The molecule has 1 aromatic heterocycles. The average molecular weight is 337 g/mol. The molecule has 1 N–H and O–H groups in total. The van der Waals surface area contributed by atoms with Gasteiger partial charge in [-0.05, 0) is 56.7 Å². The number of carbonyl (C=O) groups excluding carboxylic acids is 1. The molecule has 4 nitrogen and oxygen atoms in total. The third kappa shape index (κ3) is 4.59. The summed E-state index contributed by atoms with van der Waals surface area (Å²) in [7, 11) is 0. The molecule has 0 spiro atoms. The van der Waals surface area contributed by atoms with Gasteiger partial charge in [-0.1, -0.05) is 30.3 Å². The summed E-state index contributed by atoms with van der Waals surface area (Å²) in [4.78, 5) is 19.1. The lowest BCUT2D eigenvalue weighted by Gasteiger charge is -2.21. The Labute approximate surface area is 150 Å². The van der Waals surface area contributed by atoms with Gasteiger partial charge in [-0.2, -0.15) is 0 Å². The Kier molecular flexibility index (Phi) is 5.69. The van der Waals surface area contributed by atoms with E-state index in [4.69, 9.17) is 0 Å². The molecule has 0 saturated carbocycles. The van der Waals surface area contributed by atoms with Gasteiger partial charge in [-0.15, -0.1) is 0 Å². The second-order valence-corrected chi connectivity index (χ2v) is 7.06. The number of anilines is 1. The highest BCUT2D eigenvalue weighted by Crippen LogP contribution is 2.28. The van der Waals surface area contributed by atoms with Crippen LogP contribution in [0.1, 0.15) is 54.9 Å². The molecular weight excluding hydrogens is 310 g/mol. The van der Waals surface area contributed by atoms with Crippen molar-refractivity contribution in [2.24, 2.45) is 0 Å². The molecule has 25 heavy (non-hydrogen) atoms.